The van der Waals surface area contributed by atoms with Gasteiger partial charge in [0, 0.05) is 11.3 Å². The Kier molecular flexibility index (Phi) is 7.68. The monoisotopic (exact) mass is 480 g/mol. The SMILES string of the molecule is COC(=O)c1cc(NC(=S)NC(=O)c2ccc(OC)c(Br)c2)cc(C(=O)OC)c1. The van der Waals surface area contributed by atoms with Crippen LogP contribution in [0.2, 0.25) is 0 Å². The molecule has 2 aromatic rings. The molecular weight excluding hydrogens is 464 g/mol. The Morgan fingerprint density at radius 2 is 1.48 bits per heavy atom. The standard InChI is InChI=1S/C19H17BrN2O6S/c1-26-15-5-4-10(9-14(15)20)16(23)22-19(29)21-13-7-11(17(24)27-2)6-12(8-13)18(25)28-3/h4-9H,1-3H3,(H2,21,22,23,29). The summed E-state index contributed by atoms with van der Waals surface area (Å²) in [6.45, 7) is 0. The molecule has 0 fully saturated rings. The van der Waals surface area contributed by atoms with Crippen molar-refractivity contribution in [3.8, 4) is 5.75 Å². The van der Waals surface area contributed by atoms with Crippen LogP contribution in [0.5, 0.6) is 5.75 Å². The summed E-state index contributed by atoms with van der Waals surface area (Å²) in [5.41, 5.74) is 0.882. The number of amides is 1. The van der Waals surface area contributed by atoms with Gasteiger partial charge in [0.2, 0.25) is 0 Å². The predicted octanol–water partition coefficient (Wildman–Crippen LogP) is 3.16. The number of carbonyl (C=O) groups is 3. The minimum absolute atomic E-state index is 0.0280. The lowest BCUT2D eigenvalue weighted by atomic mass is 10.1. The van der Waals surface area contributed by atoms with Gasteiger partial charge in [0.15, 0.2) is 5.11 Å². The minimum atomic E-state index is -0.642. The van der Waals surface area contributed by atoms with Crippen molar-refractivity contribution in [1.82, 2.24) is 5.32 Å². The summed E-state index contributed by atoms with van der Waals surface area (Å²) in [7, 11) is 3.96. The topological polar surface area (TPSA) is 103 Å². The van der Waals surface area contributed by atoms with Gasteiger partial charge in [-0.25, -0.2) is 9.59 Å². The van der Waals surface area contributed by atoms with Crippen molar-refractivity contribution < 1.29 is 28.6 Å². The number of rotatable bonds is 5. The van der Waals surface area contributed by atoms with Crippen molar-refractivity contribution in [3.63, 3.8) is 0 Å². The molecule has 0 saturated heterocycles. The lowest BCUT2D eigenvalue weighted by Gasteiger charge is -2.12. The highest BCUT2D eigenvalue weighted by Crippen LogP contribution is 2.25. The molecule has 0 spiro atoms. The highest BCUT2D eigenvalue weighted by Gasteiger charge is 2.15. The van der Waals surface area contributed by atoms with E-state index >= 15 is 0 Å². The second-order valence-corrected chi connectivity index (χ2v) is 6.80. The van der Waals surface area contributed by atoms with Crippen molar-refractivity contribution in [3.05, 3.63) is 57.6 Å². The molecule has 0 aliphatic carbocycles. The highest BCUT2D eigenvalue weighted by atomic mass is 79.9. The summed E-state index contributed by atoms with van der Waals surface area (Å²) >= 11 is 8.47. The molecule has 10 heteroatoms. The molecule has 0 atom stereocenters. The average Bonchev–Trinajstić information content (AvgIpc) is 2.71. The minimum Gasteiger partial charge on any atom is -0.496 e. The zero-order chi connectivity index (χ0) is 21.6. The van der Waals surface area contributed by atoms with Crippen LogP contribution in [-0.2, 0) is 9.47 Å². The normalized spacial score (nSPS) is 9.93. The lowest BCUT2D eigenvalue weighted by molar-refractivity contribution is 0.0599. The third-order valence-electron chi connectivity index (χ3n) is 3.67. The zero-order valence-electron chi connectivity index (χ0n) is 15.7. The second kappa shape index (κ2) is 9.99. The van der Waals surface area contributed by atoms with E-state index in [0.717, 1.165) is 0 Å². The first kappa shape index (κ1) is 22.3. The van der Waals surface area contributed by atoms with E-state index in [1.807, 2.05) is 0 Å². The van der Waals surface area contributed by atoms with Crippen LogP contribution < -0.4 is 15.4 Å². The first-order chi connectivity index (χ1) is 13.8. The molecule has 2 aromatic carbocycles. The summed E-state index contributed by atoms with van der Waals surface area (Å²) in [6, 6.07) is 9.00. The van der Waals surface area contributed by atoms with E-state index in [1.165, 1.54) is 39.5 Å². The largest absolute Gasteiger partial charge is 0.496 e. The fourth-order valence-electron chi connectivity index (χ4n) is 2.32. The number of hydrogen-bond acceptors (Lipinski definition) is 7. The van der Waals surface area contributed by atoms with Gasteiger partial charge in [-0.1, -0.05) is 0 Å². The molecule has 0 aliphatic rings. The molecule has 8 nitrogen and oxygen atoms in total. The molecule has 2 N–H and O–H groups in total. The molecule has 0 bridgehead atoms. The smallest absolute Gasteiger partial charge is 0.337 e. The van der Waals surface area contributed by atoms with Crippen LogP contribution >= 0.6 is 28.1 Å². The maximum atomic E-state index is 12.4. The fourth-order valence-corrected chi connectivity index (χ4v) is 3.07. The van der Waals surface area contributed by atoms with Gasteiger partial charge in [0.25, 0.3) is 5.91 Å². The Bertz CT molecular complexity index is 945. The van der Waals surface area contributed by atoms with Gasteiger partial charge in [-0.05, 0) is 64.5 Å². The first-order valence-electron chi connectivity index (χ1n) is 8.06. The maximum absolute atomic E-state index is 12.4. The quantitative estimate of drug-likeness (QED) is 0.496. The Morgan fingerprint density at radius 1 is 0.897 bits per heavy atom. The summed E-state index contributed by atoms with van der Waals surface area (Å²) in [5, 5.41) is 5.26. The van der Waals surface area contributed by atoms with E-state index in [2.05, 4.69) is 36.0 Å². The Morgan fingerprint density at radius 3 is 1.97 bits per heavy atom. The third-order valence-corrected chi connectivity index (χ3v) is 4.50. The molecule has 0 saturated carbocycles. The average molecular weight is 481 g/mol. The van der Waals surface area contributed by atoms with Gasteiger partial charge >= 0.3 is 11.9 Å². The molecular formula is C19H17BrN2O6S. The van der Waals surface area contributed by atoms with Gasteiger partial charge in [-0.3, -0.25) is 10.1 Å². The van der Waals surface area contributed by atoms with E-state index in [0.29, 0.717) is 21.5 Å². The molecule has 2 rings (SSSR count). The number of anilines is 1. The van der Waals surface area contributed by atoms with Gasteiger partial charge in [-0.2, -0.15) is 0 Å². The molecule has 0 unspecified atom stereocenters. The van der Waals surface area contributed by atoms with E-state index in [4.69, 9.17) is 17.0 Å². The number of benzene rings is 2. The van der Waals surface area contributed by atoms with E-state index in [-0.39, 0.29) is 16.2 Å². The highest BCUT2D eigenvalue weighted by molar-refractivity contribution is 9.10. The van der Waals surface area contributed by atoms with Gasteiger partial charge in [-0.15, -0.1) is 0 Å². The molecule has 29 heavy (non-hydrogen) atoms. The molecule has 0 aromatic heterocycles. The Labute approximate surface area is 180 Å². The first-order valence-corrected chi connectivity index (χ1v) is 9.26. The van der Waals surface area contributed by atoms with Gasteiger partial charge < -0.3 is 19.5 Å². The number of methoxy groups -OCH3 is 3. The number of thiocarbonyl (C=S) groups is 1. The second-order valence-electron chi connectivity index (χ2n) is 5.54. The van der Waals surface area contributed by atoms with Crippen molar-refractivity contribution in [2.45, 2.75) is 0 Å². The van der Waals surface area contributed by atoms with Gasteiger partial charge in [0.05, 0.1) is 36.9 Å². The molecule has 0 aliphatic heterocycles. The van der Waals surface area contributed by atoms with Crippen LogP contribution in [0.4, 0.5) is 5.69 Å². The van der Waals surface area contributed by atoms with Crippen LogP contribution in [-0.4, -0.2) is 44.3 Å². The van der Waals surface area contributed by atoms with Gasteiger partial charge in [0.1, 0.15) is 5.75 Å². The number of esters is 2. The summed E-state index contributed by atoms with van der Waals surface area (Å²) in [6.07, 6.45) is 0. The predicted molar refractivity (Wildman–Crippen MR) is 114 cm³/mol. The fraction of sp³-hybridized carbons (Fsp3) is 0.158. The number of ether oxygens (including phenoxy) is 3. The number of hydrogen-bond donors (Lipinski definition) is 2. The number of carbonyl (C=O) groups excluding carboxylic acids is 3. The summed E-state index contributed by atoms with van der Waals surface area (Å²) in [5.74, 6) is -1.16. The third kappa shape index (κ3) is 5.75. The van der Waals surface area contributed by atoms with Crippen LogP contribution in [0.1, 0.15) is 31.1 Å². The van der Waals surface area contributed by atoms with Crippen LogP contribution in [0.3, 0.4) is 0 Å². The maximum Gasteiger partial charge on any atom is 0.337 e. The summed E-state index contributed by atoms with van der Waals surface area (Å²) in [4.78, 5) is 36.1. The number of nitrogens with one attached hydrogen (secondary N) is 2. The van der Waals surface area contributed by atoms with Crippen molar-refractivity contribution >= 4 is 56.8 Å². The van der Waals surface area contributed by atoms with Crippen molar-refractivity contribution in [2.75, 3.05) is 26.6 Å². The van der Waals surface area contributed by atoms with Crippen molar-refractivity contribution in [2.24, 2.45) is 0 Å². The van der Waals surface area contributed by atoms with Crippen LogP contribution in [0.15, 0.2) is 40.9 Å². The molecule has 0 heterocycles. The van der Waals surface area contributed by atoms with E-state index in [9.17, 15) is 14.4 Å². The molecule has 1 amide bonds. The summed E-state index contributed by atoms with van der Waals surface area (Å²) < 4.78 is 15.1. The zero-order valence-corrected chi connectivity index (χ0v) is 18.1. The van der Waals surface area contributed by atoms with E-state index < -0.39 is 17.8 Å². The van der Waals surface area contributed by atoms with Crippen LogP contribution in [0, 0.1) is 0 Å². The number of halogens is 1. The van der Waals surface area contributed by atoms with E-state index in [1.54, 1.807) is 18.2 Å². The molecule has 152 valence electrons. The lowest BCUT2D eigenvalue weighted by Crippen LogP contribution is -2.34. The molecule has 0 radical (unpaired) electrons. The Balaban J connectivity index is 2.19. The van der Waals surface area contributed by atoms with Crippen molar-refractivity contribution in [1.29, 1.82) is 0 Å². The van der Waals surface area contributed by atoms with Crippen LogP contribution in [0.25, 0.3) is 0 Å². The Hall–Kier alpha value is -2.98.